The first-order valence-corrected chi connectivity index (χ1v) is 11.4. The van der Waals surface area contributed by atoms with Crippen molar-refractivity contribution >= 4 is 29.1 Å². The molecule has 2 aromatic heterocycles. The highest BCUT2D eigenvalue weighted by atomic mass is 32.2. The quantitative estimate of drug-likeness (QED) is 0.304. The van der Waals surface area contributed by atoms with Crippen LogP contribution in [0.2, 0.25) is 0 Å². The maximum absolute atomic E-state index is 12.9. The molecule has 2 aromatic carbocycles. The predicted octanol–water partition coefficient (Wildman–Crippen LogP) is 4.71. The number of carbonyl (C=O) groups is 2. The first-order valence-electron chi connectivity index (χ1n) is 10.5. The molecule has 0 saturated heterocycles. The summed E-state index contributed by atoms with van der Waals surface area (Å²) in [4.78, 5) is 28.7. The van der Waals surface area contributed by atoms with Crippen LogP contribution in [-0.4, -0.2) is 36.7 Å². The molecule has 1 unspecified atom stereocenters. The number of nitrogens with zero attached hydrogens (tertiary/aromatic N) is 4. The van der Waals surface area contributed by atoms with Crippen LogP contribution in [0.25, 0.3) is 11.4 Å². The molecule has 4 rings (SSSR count). The van der Waals surface area contributed by atoms with Gasteiger partial charge in [0, 0.05) is 29.2 Å². The Kier molecular flexibility index (Phi) is 6.95. The second-order valence-corrected chi connectivity index (χ2v) is 8.81. The average Bonchev–Trinajstić information content (AvgIpc) is 3.22. The van der Waals surface area contributed by atoms with Gasteiger partial charge in [-0.25, -0.2) is 0 Å². The molecule has 33 heavy (non-hydrogen) atoms. The van der Waals surface area contributed by atoms with Crippen molar-refractivity contribution in [3.8, 4) is 11.4 Å². The topological polar surface area (TPSA) is 89.8 Å². The Labute approximate surface area is 196 Å². The molecule has 0 aliphatic heterocycles. The summed E-state index contributed by atoms with van der Waals surface area (Å²) in [7, 11) is 0. The van der Waals surface area contributed by atoms with Crippen LogP contribution in [0.3, 0.4) is 0 Å². The fourth-order valence-electron chi connectivity index (χ4n) is 3.26. The summed E-state index contributed by atoms with van der Waals surface area (Å²) in [5, 5.41) is 11.9. The van der Waals surface area contributed by atoms with Crippen molar-refractivity contribution in [1.82, 2.24) is 19.7 Å². The SMILES string of the molecule is CC(=O)c1cccc(NC(=O)C(C)Sc2nnc(-c3cccnc3)n2Cc2ccccc2)c1. The molecule has 7 nitrogen and oxygen atoms in total. The largest absolute Gasteiger partial charge is 0.325 e. The lowest BCUT2D eigenvalue weighted by Crippen LogP contribution is -2.23. The van der Waals surface area contributed by atoms with E-state index in [4.69, 9.17) is 0 Å². The van der Waals surface area contributed by atoms with Gasteiger partial charge >= 0.3 is 0 Å². The van der Waals surface area contributed by atoms with Gasteiger partial charge in [-0.1, -0.05) is 54.2 Å². The molecule has 0 fully saturated rings. The monoisotopic (exact) mass is 457 g/mol. The van der Waals surface area contributed by atoms with Gasteiger partial charge in [-0.15, -0.1) is 10.2 Å². The molecule has 0 aliphatic carbocycles. The van der Waals surface area contributed by atoms with E-state index in [1.54, 1.807) is 36.7 Å². The maximum atomic E-state index is 12.9. The minimum atomic E-state index is -0.438. The third kappa shape index (κ3) is 5.53. The summed E-state index contributed by atoms with van der Waals surface area (Å²) in [6.45, 7) is 3.88. The Bertz CT molecular complexity index is 1260. The molecule has 0 aliphatic rings. The zero-order valence-corrected chi connectivity index (χ0v) is 19.1. The van der Waals surface area contributed by atoms with E-state index in [9.17, 15) is 9.59 Å². The van der Waals surface area contributed by atoms with Crippen molar-refractivity contribution in [2.24, 2.45) is 0 Å². The molecule has 1 atom stereocenters. The number of carbonyl (C=O) groups excluding carboxylic acids is 2. The molecule has 166 valence electrons. The number of nitrogens with one attached hydrogen (secondary N) is 1. The van der Waals surface area contributed by atoms with Crippen molar-refractivity contribution in [2.75, 3.05) is 5.32 Å². The molecule has 1 N–H and O–H groups in total. The van der Waals surface area contributed by atoms with Gasteiger partial charge in [0.15, 0.2) is 16.8 Å². The average molecular weight is 458 g/mol. The summed E-state index contributed by atoms with van der Waals surface area (Å²) in [6, 6.07) is 20.7. The van der Waals surface area contributed by atoms with Crippen LogP contribution in [0.5, 0.6) is 0 Å². The first-order chi connectivity index (χ1) is 16.0. The predicted molar refractivity (Wildman–Crippen MR) is 129 cm³/mol. The summed E-state index contributed by atoms with van der Waals surface area (Å²) in [5.41, 5.74) is 3.09. The van der Waals surface area contributed by atoms with Crippen LogP contribution in [0.4, 0.5) is 5.69 Å². The maximum Gasteiger partial charge on any atom is 0.237 e. The molecule has 2 heterocycles. The number of aromatic nitrogens is 4. The second kappa shape index (κ2) is 10.2. The number of anilines is 1. The highest BCUT2D eigenvalue weighted by molar-refractivity contribution is 8.00. The lowest BCUT2D eigenvalue weighted by Gasteiger charge is -2.14. The summed E-state index contributed by atoms with van der Waals surface area (Å²) < 4.78 is 2.00. The van der Waals surface area contributed by atoms with Gasteiger partial charge in [0.2, 0.25) is 5.91 Å². The van der Waals surface area contributed by atoms with E-state index in [0.29, 0.717) is 28.8 Å². The lowest BCUT2D eigenvalue weighted by atomic mass is 10.1. The zero-order chi connectivity index (χ0) is 23.2. The zero-order valence-electron chi connectivity index (χ0n) is 18.3. The number of hydrogen-bond acceptors (Lipinski definition) is 6. The number of Topliss-reactive ketones (excluding diaryl/α,β-unsaturated/α-hetero) is 1. The van der Waals surface area contributed by atoms with Gasteiger partial charge in [0.1, 0.15) is 0 Å². The second-order valence-electron chi connectivity index (χ2n) is 7.51. The summed E-state index contributed by atoms with van der Waals surface area (Å²) >= 11 is 1.33. The van der Waals surface area contributed by atoms with Gasteiger partial charge < -0.3 is 5.32 Å². The highest BCUT2D eigenvalue weighted by Gasteiger charge is 2.21. The van der Waals surface area contributed by atoms with Crippen molar-refractivity contribution in [3.63, 3.8) is 0 Å². The molecule has 0 radical (unpaired) electrons. The van der Waals surface area contributed by atoms with Crippen molar-refractivity contribution < 1.29 is 9.59 Å². The number of amides is 1. The Balaban J connectivity index is 1.56. The fourth-order valence-corrected chi connectivity index (χ4v) is 4.11. The van der Waals surface area contributed by atoms with E-state index in [1.165, 1.54) is 18.7 Å². The van der Waals surface area contributed by atoms with E-state index in [0.717, 1.165) is 11.1 Å². The normalized spacial score (nSPS) is 11.7. The molecule has 1 amide bonds. The molecular formula is C25H23N5O2S. The molecule has 4 aromatic rings. The van der Waals surface area contributed by atoms with Crippen LogP contribution in [0.15, 0.2) is 84.3 Å². The van der Waals surface area contributed by atoms with Crippen molar-refractivity contribution in [3.05, 3.63) is 90.3 Å². The highest BCUT2D eigenvalue weighted by Crippen LogP contribution is 2.28. The van der Waals surface area contributed by atoms with E-state index < -0.39 is 5.25 Å². The Hall–Kier alpha value is -3.78. The van der Waals surface area contributed by atoms with Crippen molar-refractivity contribution in [2.45, 2.75) is 30.8 Å². The molecule has 0 spiro atoms. The van der Waals surface area contributed by atoms with Crippen LogP contribution >= 0.6 is 11.8 Å². The number of rotatable bonds is 8. The summed E-state index contributed by atoms with van der Waals surface area (Å²) in [5.74, 6) is 0.458. The number of benzene rings is 2. The Morgan fingerprint density at radius 3 is 2.58 bits per heavy atom. The van der Waals surface area contributed by atoms with Crippen molar-refractivity contribution in [1.29, 1.82) is 0 Å². The van der Waals surface area contributed by atoms with Gasteiger partial charge in [0.25, 0.3) is 0 Å². The van der Waals surface area contributed by atoms with Crippen LogP contribution < -0.4 is 5.32 Å². The summed E-state index contributed by atoms with van der Waals surface area (Å²) in [6.07, 6.45) is 3.46. The Morgan fingerprint density at radius 2 is 1.85 bits per heavy atom. The standard InChI is InChI=1S/C25H23N5O2S/c1-17(31)20-10-6-12-22(14-20)27-24(32)18(2)33-25-29-28-23(21-11-7-13-26-15-21)30(25)16-19-8-4-3-5-9-19/h3-15,18H,16H2,1-2H3,(H,27,32). The van der Waals surface area contributed by atoms with E-state index in [1.807, 2.05) is 54.0 Å². The third-order valence-corrected chi connectivity index (χ3v) is 6.09. The first kappa shape index (κ1) is 22.4. The number of ketones is 1. The molecule has 0 saturated carbocycles. The molecule has 0 bridgehead atoms. The fraction of sp³-hybridized carbons (Fsp3) is 0.160. The smallest absolute Gasteiger partial charge is 0.237 e. The van der Waals surface area contributed by atoms with Crippen LogP contribution in [-0.2, 0) is 11.3 Å². The number of thioether (sulfide) groups is 1. The number of hydrogen-bond donors (Lipinski definition) is 1. The van der Waals surface area contributed by atoms with Gasteiger partial charge in [-0.2, -0.15) is 0 Å². The minimum absolute atomic E-state index is 0.0505. The van der Waals surface area contributed by atoms with Gasteiger partial charge in [-0.3, -0.25) is 19.1 Å². The third-order valence-electron chi connectivity index (χ3n) is 5.01. The van der Waals surface area contributed by atoms with Gasteiger partial charge in [0.05, 0.1) is 11.8 Å². The lowest BCUT2D eigenvalue weighted by molar-refractivity contribution is -0.115. The van der Waals surface area contributed by atoms with E-state index >= 15 is 0 Å². The number of pyridine rings is 1. The van der Waals surface area contributed by atoms with E-state index in [-0.39, 0.29) is 11.7 Å². The Morgan fingerprint density at radius 1 is 1.03 bits per heavy atom. The molecule has 8 heteroatoms. The van der Waals surface area contributed by atoms with Gasteiger partial charge in [-0.05, 0) is 43.7 Å². The van der Waals surface area contributed by atoms with Crippen LogP contribution in [0, 0.1) is 0 Å². The minimum Gasteiger partial charge on any atom is -0.325 e. The van der Waals surface area contributed by atoms with Crippen LogP contribution in [0.1, 0.15) is 29.8 Å². The molecular weight excluding hydrogens is 434 g/mol. The van der Waals surface area contributed by atoms with E-state index in [2.05, 4.69) is 20.5 Å².